The van der Waals surface area contributed by atoms with Crippen molar-refractivity contribution in [3.63, 3.8) is 0 Å². The minimum atomic E-state index is -0.603. The molecule has 0 saturated heterocycles. The van der Waals surface area contributed by atoms with Gasteiger partial charge in [0.1, 0.15) is 11.5 Å². The Labute approximate surface area is 186 Å². The Bertz CT molecular complexity index is 1300. The first kappa shape index (κ1) is 19.0. The lowest BCUT2D eigenvalue weighted by Crippen LogP contribution is -2.20. The highest BCUT2D eigenvalue weighted by molar-refractivity contribution is 6.17. The van der Waals surface area contributed by atoms with Gasteiger partial charge in [-0.1, -0.05) is 91.0 Å². The van der Waals surface area contributed by atoms with Gasteiger partial charge in [0.25, 0.3) is 0 Å². The number of ketones is 2. The molecule has 6 rings (SSSR count). The van der Waals surface area contributed by atoms with E-state index < -0.39 is 11.8 Å². The normalized spacial score (nSPS) is 19.7. The Hall–Kier alpha value is -3.72. The molecule has 0 spiro atoms. The van der Waals surface area contributed by atoms with Crippen LogP contribution in [0.3, 0.4) is 0 Å². The third kappa shape index (κ3) is 2.96. The maximum atomic E-state index is 13.9. The monoisotopic (exact) mass is 418 g/mol. The van der Waals surface area contributed by atoms with Crippen LogP contribution in [0.5, 0.6) is 0 Å². The predicted molar refractivity (Wildman–Crippen MR) is 123 cm³/mol. The molecule has 4 aromatic rings. The molecule has 3 nitrogen and oxygen atoms in total. The molecule has 156 valence electrons. The van der Waals surface area contributed by atoms with Gasteiger partial charge in [-0.05, 0) is 18.4 Å². The van der Waals surface area contributed by atoms with Crippen molar-refractivity contribution in [2.45, 2.75) is 30.6 Å². The van der Waals surface area contributed by atoms with E-state index in [-0.39, 0.29) is 17.5 Å². The van der Waals surface area contributed by atoms with Gasteiger partial charge in [0.15, 0.2) is 11.6 Å². The van der Waals surface area contributed by atoms with Gasteiger partial charge in [-0.3, -0.25) is 9.59 Å². The molecule has 1 saturated carbocycles. The molecule has 2 aliphatic rings. The van der Waals surface area contributed by atoms with E-state index in [0.717, 1.165) is 35.3 Å². The second-order valence-electron chi connectivity index (χ2n) is 8.68. The summed E-state index contributed by atoms with van der Waals surface area (Å²) in [5.74, 6) is 0.545. The van der Waals surface area contributed by atoms with Gasteiger partial charge in [0.05, 0.1) is 17.4 Å². The van der Waals surface area contributed by atoms with Crippen LogP contribution >= 0.6 is 0 Å². The van der Waals surface area contributed by atoms with Crippen LogP contribution in [0.15, 0.2) is 95.4 Å². The lowest BCUT2D eigenvalue weighted by Gasteiger charge is -2.20. The van der Waals surface area contributed by atoms with E-state index >= 15 is 0 Å². The zero-order chi connectivity index (χ0) is 21.7. The molecule has 0 unspecified atom stereocenters. The van der Waals surface area contributed by atoms with Crippen LogP contribution < -0.4 is 0 Å². The SMILES string of the molecule is O=C1c2c(C3CC3)oc(-c3ccccc3)c2[C@H](C(=O)c2ccccc2)[C@H]1c1ccccc1. The molecule has 1 fully saturated rings. The Kier molecular flexibility index (Phi) is 4.43. The van der Waals surface area contributed by atoms with E-state index in [1.54, 1.807) is 0 Å². The number of carbonyl (C=O) groups is 2. The number of benzene rings is 3. The molecular weight excluding hydrogens is 396 g/mol. The van der Waals surface area contributed by atoms with E-state index in [1.807, 2.05) is 91.0 Å². The fraction of sp³-hybridized carbons (Fsp3) is 0.172. The van der Waals surface area contributed by atoms with Crippen LogP contribution in [0.2, 0.25) is 0 Å². The van der Waals surface area contributed by atoms with E-state index in [2.05, 4.69) is 0 Å². The summed E-state index contributed by atoms with van der Waals surface area (Å²) in [5, 5.41) is 0. The molecule has 1 aromatic heterocycles. The molecule has 1 heterocycles. The van der Waals surface area contributed by atoms with Gasteiger partial charge in [-0.15, -0.1) is 0 Å². The largest absolute Gasteiger partial charge is 0.460 e. The average molecular weight is 418 g/mol. The standard InChI is InChI=1S/C29H22O3/c30-26(19-12-6-2-7-13-19)23-22(18-10-4-1-5-11-18)27(31)25-24(23)28(20-14-8-3-9-15-20)32-29(25)21-16-17-21/h1-15,21-23H,16-17H2/t22-,23-/m1/s1. The Morgan fingerprint density at radius 2 is 1.38 bits per heavy atom. The number of hydrogen-bond acceptors (Lipinski definition) is 3. The number of carbonyl (C=O) groups excluding carboxylic acids is 2. The Morgan fingerprint density at radius 3 is 2.00 bits per heavy atom. The summed E-state index contributed by atoms with van der Waals surface area (Å²) >= 11 is 0. The topological polar surface area (TPSA) is 47.3 Å². The van der Waals surface area contributed by atoms with Crippen LogP contribution in [0.25, 0.3) is 11.3 Å². The summed E-state index contributed by atoms with van der Waals surface area (Å²) in [6.07, 6.45) is 2.05. The van der Waals surface area contributed by atoms with Crippen molar-refractivity contribution in [3.8, 4) is 11.3 Å². The lowest BCUT2D eigenvalue weighted by molar-refractivity contribution is 0.0887. The molecule has 0 N–H and O–H groups in total. The van der Waals surface area contributed by atoms with Gasteiger partial charge < -0.3 is 4.42 Å². The van der Waals surface area contributed by atoms with Gasteiger partial charge in [-0.2, -0.15) is 0 Å². The van der Waals surface area contributed by atoms with Crippen molar-refractivity contribution in [1.29, 1.82) is 0 Å². The third-order valence-corrected chi connectivity index (χ3v) is 6.63. The van der Waals surface area contributed by atoms with Gasteiger partial charge >= 0.3 is 0 Å². The number of fused-ring (bicyclic) bond motifs is 1. The van der Waals surface area contributed by atoms with Crippen LogP contribution in [-0.2, 0) is 0 Å². The summed E-state index contributed by atoms with van der Waals surface area (Å²) in [4.78, 5) is 27.9. The highest BCUT2D eigenvalue weighted by atomic mass is 16.3. The highest BCUT2D eigenvalue weighted by Crippen LogP contribution is 2.55. The van der Waals surface area contributed by atoms with E-state index in [0.29, 0.717) is 16.9 Å². The first-order valence-electron chi connectivity index (χ1n) is 11.1. The number of hydrogen-bond donors (Lipinski definition) is 0. The smallest absolute Gasteiger partial charge is 0.175 e. The molecule has 0 amide bonds. The molecule has 3 aromatic carbocycles. The summed E-state index contributed by atoms with van der Waals surface area (Å²) in [6.45, 7) is 0. The second-order valence-corrected chi connectivity index (χ2v) is 8.68. The van der Waals surface area contributed by atoms with Crippen LogP contribution in [0.4, 0.5) is 0 Å². The van der Waals surface area contributed by atoms with Gasteiger partial charge in [-0.25, -0.2) is 0 Å². The van der Waals surface area contributed by atoms with E-state index in [4.69, 9.17) is 4.42 Å². The van der Waals surface area contributed by atoms with Crippen molar-refractivity contribution in [3.05, 3.63) is 119 Å². The number of rotatable bonds is 5. The third-order valence-electron chi connectivity index (χ3n) is 6.63. The maximum absolute atomic E-state index is 13.9. The minimum Gasteiger partial charge on any atom is -0.460 e. The highest BCUT2D eigenvalue weighted by Gasteiger charge is 2.51. The summed E-state index contributed by atoms with van der Waals surface area (Å²) in [7, 11) is 0. The quantitative estimate of drug-likeness (QED) is 0.336. The molecule has 0 aliphatic heterocycles. The van der Waals surface area contributed by atoms with Crippen molar-refractivity contribution in [2.24, 2.45) is 0 Å². The Morgan fingerprint density at radius 1 is 0.781 bits per heavy atom. The first-order chi connectivity index (χ1) is 15.7. The maximum Gasteiger partial charge on any atom is 0.175 e. The zero-order valence-corrected chi connectivity index (χ0v) is 17.5. The van der Waals surface area contributed by atoms with Crippen molar-refractivity contribution in [2.75, 3.05) is 0 Å². The minimum absolute atomic E-state index is 0.00770. The molecule has 2 aliphatic carbocycles. The molecule has 0 bridgehead atoms. The van der Waals surface area contributed by atoms with Crippen molar-refractivity contribution < 1.29 is 14.0 Å². The summed E-state index contributed by atoms with van der Waals surface area (Å²) in [5.41, 5.74) is 3.82. The van der Waals surface area contributed by atoms with Gasteiger partial charge in [0.2, 0.25) is 0 Å². The lowest BCUT2D eigenvalue weighted by atomic mass is 9.80. The van der Waals surface area contributed by atoms with E-state index in [9.17, 15) is 9.59 Å². The molecule has 2 atom stereocenters. The second kappa shape index (κ2) is 7.45. The van der Waals surface area contributed by atoms with E-state index in [1.165, 1.54) is 0 Å². The molecule has 0 radical (unpaired) electrons. The first-order valence-corrected chi connectivity index (χ1v) is 11.1. The summed E-state index contributed by atoms with van der Waals surface area (Å²) in [6, 6.07) is 28.8. The Balaban J connectivity index is 1.61. The van der Waals surface area contributed by atoms with Crippen LogP contribution in [0.1, 0.15) is 68.2 Å². The number of furan rings is 1. The van der Waals surface area contributed by atoms with Crippen LogP contribution in [-0.4, -0.2) is 11.6 Å². The predicted octanol–water partition coefficient (Wildman–Crippen LogP) is 6.77. The van der Waals surface area contributed by atoms with Crippen molar-refractivity contribution >= 4 is 11.6 Å². The summed E-state index contributed by atoms with van der Waals surface area (Å²) < 4.78 is 6.40. The fourth-order valence-corrected chi connectivity index (χ4v) is 4.99. The van der Waals surface area contributed by atoms with Crippen molar-refractivity contribution in [1.82, 2.24) is 0 Å². The molecule has 32 heavy (non-hydrogen) atoms. The van der Waals surface area contributed by atoms with Crippen LogP contribution in [0, 0.1) is 0 Å². The fourth-order valence-electron chi connectivity index (χ4n) is 4.99. The number of Topliss-reactive ketones (excluding diaryl/α,β-unsaturated/α-hetero) is 2. The van der Waals surface area contributed by atoms with Gasteiger partial charge in [0, 0.05) is 22.6 Å². The zero-order valence-electron chi connectivity index (χ0n) is 17.5. The molecular formula is C29H22O3. The molecule has 3 heteroatoms. The average Bonchev–Trinajstić information content (AvgIpc) is 3.56.